The molecule has 0 amide bonds. The molecule has 0 aliphatic heterocycles. The number of carbonyl (C=O) groups excluding carboxylic acids is 1. The lowest BCUT2D eigenvalue weighted by Crippen LogP contribution is -2.37. The molecule has 1 rings (SSSR count). The van der Waals surface area contributed by atoms with Crippen molar-refractivity contribution in [3.8, 4) is 0 Å². The molecule has 0 aliphatic rings. The van der Waals surface area contributed by atoms with Crippen molar-refractivity contribution in [3.05, 3.63) is 34.9 Å². The summed E-state index contributed by atoms with van der Waals surface area (Å²) in [6.07, 6.45) is 1.05. The number of carbonyl (C=O) groups is 1. The highest BCUT2D eigenvalue weighted by Crippen LogP contribution is 2.14. The van der Waals surface area contributed by atoms with Crippen LogP contribution in [0, 0.1) is 0 Å². The van der Waals surface area contributed by atoms with Crippen LogP contribution in [-0.4, -0.2) is 55.9 Å². The van der Waals surface area contributed by atoms with Gasteiger partial charge in [-0.1, -0.05) is 23.7 Å². The van der Waals surface area contributed by atoms with E-state index in [0.717, 1.165) is 19.5 Å². The van der Waals surface area contributed by atoms with E-state index in [1.807, 2.05) is 26.1 Å². The molecule has 3 nitrogen and oxygen atoms in total. The molecule has 0 heterocycles. The van der Waals surface area contributed by atoms with E-state index in [1.165, 1.54) is 0 Å². The van der Waals surface area contributed by atoms with E-state index in [2.05, 4.69) is 23.9 Å². The molecule has 0 N–H and O–H groups in total. The molecule has 0 aliphatic carbocycles. The van der Waals surface area contributed by atoms with Crippen LogP contribution in [0.4, 0.5) is 0 Å². The van der Waals surface area contributed by atoms with Gasteiger partial charge in [0, 0.05) is 10.6 Å². The van der Waals surface area contributed by atoms with Crippen LogP contribution in [0.15, 0.2) is 24.3 Å². The molecule has 1 aromatic rings. The highest BCUT2D eigenvalue weighted by Gasteiger charge is 2.19. The number of likely N-dealkylation sites (N-methyl/N-ethyl adjacent to an activating group) is 1. The Labute approximate surface area is 121 Å². The predicted molar refractivity (Wildman–Crippen MR) is 81.0 cm³/mol. The predicted octanol–water partition coefficient (Wildman–Crippen LogP) is 2.79. The molecule has 0 spiro atoms. The second-order valence-electron chi connectivity index (χ2n) is 5.19. The summed E-state index contributed by atoms with van der Waals surface area (Å²) in [5.41, 5.74) is 0.680. The zero-order chi connectivity index (χ0) is 14.4. The Bertz CT molecular complexity index is 420. The summed E-state index contributed by atoms with van der Waals surface area (Å²) in [4.78, 5) is 16.6. The molecular weight excluding hydrogens is 260 g/mol. The van der Waals surface area contributed by atoms with Crippen LogP contribution >= 0.6 is 11.6 Å². The van der Waals surface area contributed by atoms with E-state index in [0.29, 0.717) is 10.6 Å². The molecule has 0 saturated heterocycles. The van der Waals surface area contributed by atoms with E-state index in [1.54, 1.807) is 12.1 Å². The third kappa shape index (κ3) is 5.31. The molecule has 19 heavy (non-hydrogen) atoms. The fourth-order valence-electron chi connectivity index (χ4n) is 1.91. The lowest BCUT2D eigenvalue weighted by molar-refractivity contribution is 0.0865. The lowest BCUT2D eigenvalue weighted by atomic mass is 10.0. The number of ketones is 1. The molecule has 1 atom stereocenters. The molecule has 106 valence electrons. The largest absolute Gasteiger partial charge is 0.309 e. The number of hydrogen-bond donors (Lipinski definition) is 0. The summed E-state index contributed by atoms with van der Waals surface area (Å²) >= 11 is 5.92. The van der Waals surface area contributed by atoms with Gasteiger partial charge in [-0.2, -0.15) is 0 Å². The van der Waals surface area contributed by atoms with Gasteiger partial charge in [-0.05, 0) is 59.7 Å². The first-order valence-corrected chi connectivity index (χ1v) is 6.94. The van der Waals surface area contributed by atoms with Gasteiger partial charge in [-0.3, -0.25) is 9.69 Å². The van der Waals surface area contributed by atoms with Crippen LogP contribution in [-0.2, 0) is 0 Å². The maximum Gasteiger partial charge on any atom is 0.179 e. The zero-order valence-corrected chi connectivity index (χ0v) is 12.9. The second-order valence-corrected chi connectivity index (χ2v) is 5.62. The van der Waals surface area contributed by atoms with Gasteiger partial charge in [0.2, 0.25) is 0 Å². The highest BCUT2D eigenvalue weighted by atomic mass is 35.5. The van der Waals surface area contributed by atoms with E-state index >= 15 is 0 Å². The Morgan fingerprint density at radius 2 is 1.95 bits per heavy atom. The van der Waals surface area contributed by atoms with Crippen LogP contribution in [0.5, 0.6) is 0 Å². The average molecular weight is 283 g/mol. The Kier molecular flexibility index (Phi) is 6.49. The minimum Gasteiger partial charge on any atom is -0.309 e. The summed E-state index contributed by atoms with van der Waals surface area (Å²) in [5.74, 6) is 0.120. The van der Waals surface area contributed by atoms with Crippen molar-refractivity contribution in [2.75, 3.05) is 34.2 Å². The van der Waals surface area contributed by atoms with E-state index in [-0.39, 0.29) is 11.8 Å². The molecule has 0 radical (unpaired) electrons. The first-order chi connectivity index (χ1) is 8.91. The Balaban J connectivity index is 2.56. The molecule has 0 aromatic heterocycles. The Hall–Kier alpha value is -0.900. The summed E-state index contributed by atoms with van der Waals surface area (Å²) in [6.45, 7) is 3.88. The number of nitrogens with zero attached hydrogens (tertiary/aromatic N) is 2. The van der Waals surface area contributed by atoms with Gasteiger partial charge in [0.25, 0.3) is 0 Å². The zero-order valence-electron chi connectivity index (χ0n) is 12.2. The summed E-state index contributed by atoms with van der Waals surface area (Å²) < 4.78 is 0. The third-order valence-corrected chi connectivity index (χ3v) is 3.50. The fraction of sp³-hybridized carbons (Fsp3) is 0.533. The van der Waals surface area contributed by atoms with Crippen LogP contribution in [0.25, 0.3) is 0 Å². The van der Waals surface area contributed by atoms with Gasteiger partial charge in [0.05, 0.1) is 6.04 Å². The van der Waals surface area contributed by atoms with Gasteiger partial charge in [-0.15, -0.1) is 0 Å². The van der Waals surface area contributed by atoms with Crippen LogP contribution < -0.4 is 0 Å². The van der Waals surface area contributed by atoms with Crippen molar-refractivity contribution in [1.82, 2.24) is 9.80 Å². The molecule has 1 unspecified atom stereocenters. The van der Waals surface area contributed by atoms with Gasteiger partial charge in [-0.25, -0.2) is 0 Å². The lowest BCUT2D eigenvalue weighted by Gasteiger charge is -2.24. The topological polar surface area (TPSA) is 23.6 Å². The fourth-order valence-corrected chi connectivity index (χ4v) is 2.10. The second kappa shape index (κ2) is 7.63. The molecule has 0 saturated carbocycles. The van der Waals surface area contributed by atoms with Crippen molar-refractivity contribution in [3.63, 3.8) is 0 Å². The van der Waals surface area contributed by atoms with Crippen molar-refractivity contribution in [2.45, 2.75) is 19.4 Å². The molecule has 4 heteroatoms. The number of Topliss-reactive ketones (excluding diaryl/α,β-unsaturated/α-hetero) is 1. The smallest absolute Gasteiger partial charge is 0.179 e. The van der Waals surface area contributed by atoms with Crippen molar-refractivity contribution in [2.24, 2.45) is 0 Å². The SMILES string of the molecule is CC(C(=O)c1cccc(Cl)c1)N(C)CCCN(C)C. The molecular formula is C15H23ClN2O. The van der Waals surface area contributed by atoms with Gasteiger partial charge in [0.1, 0.15) is 0 Å². The monoisotopic (exact) mass is 282 g/mol. The van der Waals surface area contributed by atoms with Gasteiger partial charge >= 0.3 is 0 Å². The minimum atomic E-state index is -0.124. The van der Waals surface area contributed by atoms with Crippen LogP contribution in [0.1, 0.15) is 23.7 Å². The van der Waals surface area contributed by atoms with E-state index < -0.39 is 0 Å². The first-order valence-electron chi connectivity index (χ1n) is 6.56. The van der Waals surface area contributed by atoms with Crippen molar-refractivity contribution >= 4 is 17.4 Å². The number of halogens is 1. The first kappa shape index (κ1) is 16.2. The molecule has 1 aromatic carbocycles. The standard InChI is InChI=1S/C15H23ClN2O/c1-12(18(4)10-6-9-17(2)3)15(19)13-7-5-8-14(16)11-13/h5,7-8,11-12H,6,9-10H2,1-4H3. The number of rotatable bonds is 7. The highest BCUT2D eigenvalue weighted by molar-refractivity contribution is 6.31. The normalized spacial score (nSPS) is 13.0. The summed E-state index contributed by atoms with van der Waals surface area (Å²) in [6, 6.07) is 7.02. The molecule has 0 bridgehead atoms. The maximum atomic E-state index is 12.3. The van der Waals surface area contributed by atoms with Gasteiger partial charge in [0.15, 0.2) is 5.78 Å². The summed E-state index contributed by atoms with van der Waals surface area (Å²) in [7, 11) is 6.10. The van der Waals surface area contributed by atoms with Gasteiger partial charge < -0.3 is 4.90 Å². The van der Waals surface area contributed by atoms with E-state index in [9.17, 15) is 4.79 Å². The number of hydrogen-bond acceptors (Lipinski definition) is 3. The number of benzene rings is 1. The summed E-state index contributed by atoms with van der Waals surface area (Å²) in [5, 5.41) is 0.605. The minimum absolute atomic E-state index is 0.120. The van der Waals surface area contributed by atoms with Crippen LogP contribution in [0.3, 0.4) is 0 Å². The van der Waals surface area contributed by atoms with E-state index in [4.69, 9.17) is 11.6 Å². The van der Waals surface area contributed by atoms with Crippen LogP contribution in [0.2, 0.25) is 5.02 Å². The van der Waals surface area contributed by atoms with Crippen molar-refractivity contribution < 1.29 is 4.79 Å². The average Bonchev–Trinajstić information content (AvgIpc) is 2.36. The van der Waals surface area contributed by atoms with Crippen molar-refractivity contribution in [1.29, 1.82) is 0 Å². The quantitative estimate of drug-likeness (QED) is 0.719. The Morgan fingerprint density at radius 3 is 2.53 bits per heavy atom. The maximum absolute atomic E-state index is 12.3. The molecule has 0 fully saturated rings. The Morgan fingerprint density at radius 1 is 1.26 bits per heavy atom. The third-order valence-electron chi connectivity index (χ3n) is 3.27.